The maximum Gasteiger partial charge on any atom is 0.290 e. The Kier molecular flexibility index (Phi) is 5.98. The molecule has 1 atom stereocenters. The normalized spacial score (nSPS) is 16.3. The van der Waals surface area contributed by atoms with Crippen LogP contribution in [0.3, 0.4) is 0 Å². The summed E-state index contributed by atoms with van der Waals surface area (Å²) in [5.41, 5.74) is 2.43. The number of ketones is 1. The molecule has 0 bridgehead atoms. The van der Waals surface area contributed by atoms with E-state index in [0.29, 0.717) is 10.6 Å². The Bertz CT molecular complexity index is 1170. The molecule has 0 saturated heterocycles. The van der Waals surface area contributed by atoms with E-state index in [1.165, 1.54) is 11.3 Å². The van der Waals surface area contributed by atoms with E-state index in [1.807, 2.05) is 67.8 Å². The van der Waals surface area contributed by atoms with Crippen molar-refractivity contribution in [2.75, 3.05) is 6.26 Å². The van der Waals surface area contributed by atoms with Crippen LogP contribution in [-0.4, -0.2) is 32.9 Å². The standard InChI is InChI=1S/C24H22N2O3S2/c1-14-23(31-15(2)25-14)21(27)19-20(17-9-11-18(30-3)12-10-17)26(24(29)22(19)28)13-16-7-5-4-6-8-16/h4-12,20,28H,13H2,1-3H3. The Morgan fingerprint density at radius 2 is 1.81 bits per heavy atom. The van der Waals surface area contributed by atoms with Gasteiger partial charge in [-0.05, 0) is 43.4 Å². The number of aryl methyl sites for hydroxylation is 2. The zero-order valence-electron chi connectivity index (χ0n) is 17.5. The quantitative estimate of drug-likeness (QED) is 0.410. The molecule has 1 N–H and O–H groups in total. The molecule has 0 radical (unpaired) electrons. The first-order chi connectivity index (χ1) is 14.9. The molecule has 31 heavy (non-hydrogen) atoms. The smallest absolute Gasteiger partial charge is 0.290 e. The van der Waals surface area contributed by atoms with Gasteiger partial charge in [-0.15, -0.1) is 23.1 Å². The number of Topliss-reactive ketones (excluding diaryl/α,β-unsaturated/α-hetero) is 1. The summed E-state index contributed by atoms with van der Waals surface area (Å²) in [7, 11) is 0. The third-order valence-corrected chi connectivity index (χ3v) is 7.10. The number of carbonyl (C=O) groups is 2. The van der Waals surface area contributed by atoms with Gasteiger partial charge in [0.05, 0.1) is 27.2 Å². The molecule has 2 aromatic carbocycles. The van der Waals surface area contributed by atoms with Crippen molar-refractivity contribution < 1.29 is 14.7 Å². The molecular weight excluding hydrogens is 428 g/mol. The fourth-order valence-corrected chi connectivity index (χ4v) is 5.11. The molecule has 1 aliphatic rings. The average Bonchev–Trinajstić information content (AvgIpc) is 3.24. The fourth-order valence-electron chi connectivity index (χ4n) is 3.83. The molecule has 4 rings (SSSR count). The number of nitrogens with zero attached hydrogens (tertiary/aromatic N) is 2. The Labute approximate surface area is 189 Å². The van der Waals surface area contributed by atoms with Crippen molar-refractivity contribution in [3.05, 3.63) is 92.6 Å². The van der Waals surface area contributed by atoms with Gasteiger partial charge in [0.2, 0.25) is 5.78 Å². The Hall–Kier alpha value is -2.90. The van der Waals surface area contributed by atoms with Gasteiger partial charge in [-0.1, -0.05) is 42.5 Å². The molecule has 0 saturated carbocycles. The Balaban J connectivity index is 1.81. The van der Waals surface area contributed by atoms with Crippen LogP contribution in [0.1, 0.15) is 37.5 Å². The molecule has 1 aliphatic heterocycles. The van der Waals surface area contributed by atoms with Gasteiger partial charge >= 0.3 is 0 Å². The van der Waals surface area contributed by atoms with E-state index in [4.69, 9.17) is 0 Å². The molecule has 5 nitrogen and oxygen atoms in total. The topological polar surface area (TPSA) is 70.5 Å². The van der Waals surface area contributed by atoms with Gasteiger partial charge in [-0.3, -0.25) is 9.59 Å². The first kappa shape index (κ1) is 21.3. The molecule has 1 amide bonds. The van der Waals surface area contributed by atoms with Crippen LogP contribution in [0.25, 0.3) is 0 Å². The van der Waals surface area contributed by atoms with Crippen molar-refractivity contribution in [1.29, 1.82) is 0 Å². The number of carbonyl (C=O) groups excluding carboxylic acids is 2. The molecule has 3 aromatic rings. The lowest BCUT2D eigenvalue weighted by Gasteiger charge is -2.27. The molecule has 2 heterocycles. The number of amides is 1. The molecular formula is C24H22N2O3S2. The van der Waals surface area contributed by atoms with E-state index in [2.05, 4.69) is 4.98 Å². The minimum Gasteiger partial charge on any atom is -0.503 e. The zero-order chi connectivity index (χ0) is 22.1. The van der Waals surface area contributed by atoms with E-state index in [-0.39, 0.29) is 17.9 Å². The summed E-state index contributed by atoms with van der Waals surface area (Å²) in [6, 6.07) is 16.7. The SMILES string of the molecule is CSc1ccc(C2C(C(=O)c3sc(C)nc3C)=C(O)C(=O)N2Cc2ccccc2)cc1. The molecule has 7 heteroatoms. The van der Waals surface area contributed by atoms with Gasteiger partial charge in [0.25, 0.3) is 5.91 Å². The van der Waals surface area contributed by atoms with Crippen LogP contribution in [0.4, 0.5) is 0 Å². The van der Waals surface area contributed by atoms with E-state index in [1.54, 1.807) is 23.6 Å². The summed E-state index contributed by atoms with van der Waals surface area (Å²) in [4.78, 5) is 34.1. The third kappa shape index (κ3) is 4.03. The third-order valence-electron chi connectivity index (χ3n) is 5.29. The maximum atomic E-state index is 13.5. The second-order valence-electron chi connectivity index (χ2n) is 7.33. The van der Waals surface area contributed by atoms with E-state index in [0.717, 1.165) is 21.0 Å². The van der Waals surface area contributed by atoms with E-state index >= 15 is 0 Å². The summed E-state index contributed by atoms with van der Waals surface area (Å²) < 4.78 is 0. The maximum absolute atomic E-state index is 13.5. The number of hydrogen-bond donors (Lipinski definition) is 1. The van der Waals surface area contributed by atoms with E-state index in [9.17, 15) is 14.7 Å². The van der Waals surface area contributed by atoms with Crippen molar-refractivity contribution in [2.45, 2.75) is 31.3 Å². The minimum absolute atomic E-state index is 0.115. The predicted molar refractivity (Wildman–Crippen MR) is 124 cm³/mol. The van der Waals surface area contributed by atoms with Crippen LogP contribution in [0.15, 0.2) is 70.8 Å². The predicted octanol–water partition coefficient (Wildman–Crippen LogP) is 5.26. The summed E-state index contributed by atoms with van der Waals surface area (Å²) in [6.45, 7) is 3.90. The highest BCUT2D eigenvalue weighted by molar-refractivity contribution is 7.98. The first-order valence-corrected chi connectivity index (χ1v) is 11.9. The van der Waals surface area contributed by atoms with Crippen molar-refractivity contribution in [2.24, 2.45) is 0 Å². The van der Waals surface area contributed by atoms with Crippen molar-refractivity contribution in [3.8, 4) is 0 Å². The number of aliphatic hydroxyl groups excluding tert-OH is 1. The lowest BCUT2D eigenvalue weighted by molar-refractivity contribution is -0.130. The second-order valence-corrected chi connectivity index (χ2v) is 9.42. The first-order valence-electron chi connectivity index (χ1n) is 9.81. The number of aromatic nitrogens is 1. The molecule has 0 spiro atoms. The lowest BCUT2D eigenvalue weighted by Crippen LogP contribution is -2.30. The summed E-state index contributed by atoms with van der Waals surface area (Å²) in [5, 5.41) is 11.6. The summed E-state index contributed by atoms with van der Waals surface area (Å²) in [5.74, 6) is -1.36. The molecule has 1 aromatic heterocycles. The minimum atomic E-state index is -0.669. The highest BCUT2D eigenvalue weighted by atomic mass is 32.2. The summed E-state index contributed by atoms with van der Waals surface area (Å²) in [6.07, 6.45) is 1.99. The zero-order valence-corrected chi connectivity index (χ0v) is 19.1. The summed E-state index contributed by atoms with van der Waals surface area (Å²) >= 11 is 2.90. The monoisotopic (exact) mass is 450 g/mol. The molecule has 0 aliphatic carbocycles. The van der Waals surface area contributed by atoms with Crippen LogP contribution < -0.4 is 0 Å². The lowest BCUT2D eigenvalue weighted by atomic mass is 9.95. The van der Waals surface area contributed by atoms with Crippen molar-refractivity contribution >= 4 is 34.8 Å². The van der Waals surface area contributed by atoms with Crippen molar-refractivity contribution in [3.63, 3.8) is 0 Å². The Morgan fingerprint density at radius 3 is 2.39 bits per heavy atom. The molecule has 0 fully saturated rings. The fraction of sp³-hybridized carbons (Fsp3) is 0.208. The number of thiazole rings is 1. The van der Waals surface area contributed by atoms with Gasteiger partial charge in [0, 0.05) is 11.4 Å². The van der Waals surface area contributed by atoms with Crippen LogP contribution >= 0.6 is 23.1 Å². The number of aliphatic hydroxyl groups is 1. The van der Waals surface area contributed by atoms with E-state index < -0.39 is 17.7 Å². The average molecular weight is 451 g/mol. The second kappa shape index (κ2) is 8.69. The molecule has 158 valence electrons. The van der Waals surface area contributed by atoms with Gasteiger partial charge in [-0.25, -0.2) is 4.98 Å². The van der Waals surface area contributed by atoms with Crippen LogP contribution in [0, 0.1) is 13.8 Å². The highest BCUT2D eigenvalue weighted by Gasteiger charge is 2.44. The molecule has 1 unspecified atom stereocenters. The number of benzene rings is 2. The Morgan fingerprint density at radius 1 is 1.13 bits per heavy atom. The van der Waals surface area contributed by atoms with Gasteiger partial charge in [0.15, 0.2) is 5.76 Å². The number of rotatable bonds is 6. The van der Waals surface area contributed by atoms with Gasteiger partial charge in [-0.2, -0.15) is 0 Å². The van der Waals surface area contributed by atoms with Crippen LogP contribution in [-0.2, 0) is 11.3 Å². The van der Waals surface area contributed by atoms with Gasteiger partial charge in [0.1, 0.15) is 0 Å². The largest absolute Gasteiger partial charge is 0.503 e. The van der Waals surface area contributed by atoms with Crippen molar-refractivity contribution in [1.82, 2.24) is 9.88 Å². The number of thioether (sulfide) groups is 1. The van der Waals surface area contributed by atoms with Gasteiger partial charge < -0.3 is 10.0 Å². The number of hydrogen-bond acceptors (Lipinski definition) is 6. The van der Waals surface area contributed by atoms with Crippen LogP contribution in [0.2, 0.25) is 0 Å². The highest BCUT2D eigenvalue weighted by Crippen LogP contribution is 2.41. The van der Waals surface area contributed by atoms with Crippen LogP contribution in [0.5, 0.6) is 0 Å².